The molecule has 4 heteroatoms. The summed E-state index contributed by atoms with van der Waals surface area (Å²) >= 11 is 1.39. The lowest BCUT2D eigenvalue weighted by Gasteiger charge is -2.02. The van der Waals surface area contributed by atoms with Crippen molar-refractivity contribution in [3.63, 3.8) is 0 Å². The topological polar surface area (TPSA) is 62.7 Å². The number of nitrogens with two attached hydrogens (primary N) is 1. The molecule has 2 aromatic rings. The highest BCUT2D eigenvalue weighted by molar-refractivity contribution is 7.12. The summed E-state index contributed by atoms with van der Waals surface area (Å²) in [5.74, 6) is 0. The maximum absolute atomic E-state index is 9.16. The number of fused-ring (bicyclic) bond motifs is 1. The Kier molecular flexibility index (Phi) is 2.86. The van der Waals surface area contributed by atoms with Gasteiger partial charge in [0.2, 0.25) is 0 Å². The molecular weight excluding hydrogens is 242 g/mol. The summed E-state index contributed by atoms with van der Waals surface area (Å²) in [4.78, 5) is 5.13. The lowest BCUT2D eigenvalue weighted by atomic mass is 10.0. The SMILES string of the molecule is N#Cc1sc(CN)nc1-c1ccc2c(c1)CCC2. The average molecular weight is 255 g/mol. The molecule has 2 N–H and O–H groups in total. The van der Waals surface area contributed by atoms with Gasteiger partial charge in [-0.1, -0.05) is 12.1 Å². The van der Waals surface area contributed by atoms with Crippen LogP contribution in [0.5, 0.6) is 0 Å². The smallest absolute Gasteiger partial charge is 0.132 e. The summed E-state index contributed by atoms with van der Waals surface area (Å²) in [6.07, 6.45) is 3.54. The van der Waals surface area contributed by atoms with Gasteiger partial charge in [-0.25, -0.2) is 4.98 Å². The van der Waals surface area contributed by atoms with Crippen molar-refractivity contribution >= 4 is 11.3 Å². The summed E-state index contributed by atoms with van der Waals surface area (Å²) in [6, 6.07) is 8.63. The standard InChI is InChI=1S/C14H13N3S/c15-7-12-14(17-13(8-16)18-12)11-5-4-9-2-1-3-10(9)6-11/h4-6H,1-3,8,16H2. The van der Waals surface area contributed by atoms with Gasteiger partial charge in [-0.2, -0.15) is 5.26 Å². The Balaban J connectivity index is 2.09. The van der Waals surface area contributed by atoms with Crippen molar-refractivity contribution in [3.8, 4) is 17.3 Å². The summed E-state index contributed by atoms with van der Waals surface area (Å²) in [5, 5.41) is 9.98. The van der Waals surface area contributed by atoms with Gasteiger partial charge in [-0.05, 0) is 36.5 Å². The van der Waals surface area contributed by atoms with Gasteiger partial charge < -0.3 is 5.73 Å². The van der Waals surface area contributed by atoms with E-state index < -0.39 is 0 Å². The monoisotopic (exact) mass is 255 g/mol. The van der Waals surface area contributed by atoms with E-state index >= 15 is 0 Å². The molecule has 3 rings (SSSR count). The van der Waals surface area contributed by atoms with Crippen molar-refractivity contribution in [1.29, 1.82) is 5.26 Å². The Hall–Kier alpha value is -1.70. The predicted molar refractivity (Wildman–Crippen MR) is 72.2 cm³/mol. The second kappa shape index (κ2) is 4.52. The van der Waals surface area contributed by atoms with Crippen molar-refractivity contribution in [2.24, 2.45) is 5.73 Å². The van der Waals surface area contributed by atoms with E-state index in [1.807, 2.05) is 0 Å². The van der Waals surface area contributed by atoms with Crippen molar-refractivity contribution < 1.29 is 0 Å². The minimum Gasteiger partial charge on any atom is -0.325 e. The normalized spacial score (nSPS) is 13.3. The van der Waals surface area contributed by atoms with Crippen molar-refractivity contribution in [3.05, 3.63) is 39.2 Å². The van der Waals surface area contributed by atoms with Crippen LogP contribution in [-0.2, 0) is 19.4 Å². The van der Waals surface area contributed by atoms with Gasteiger partial charge in [0, 0.05) is 12.1 Å². The molecule has 0 bridgehead atoms. The lowest BCUT2D eigenvalue weighted by Crippen LogP contribution is -1.94. The van der Waals surface area contributed by atoms with Gasteiger partial charge >= 0.3 is 0 Å². The Labute approximate surface area is 110 Å². The van der Waals surface area contributed by atoms with Gasteiger partial charge in [-0.15, -0.1) is 11.3 Å². The van der Waals surface area contributed by atoms with Crippen LogP contribution in [0, 0.1) is 11.3 Å². The highest BCUT2D eigenvalue weighted by Crippen LogP contribution is 2.31. The Morgan fingerprint density at radius 2 is 2.17 bits per heavy atom. The zero-order valence-corrected chi connectivity index (χ0v) is 10.8. The molecule has 1 aromatic heterocycles. The zero-order valence-electron chi connectivity index (χ0n) is 9.94. The van der Waals surface area contributed by atoms with Crippen LogP contribution in [0.25, 0.3) is 11.3 Å². The minimum atomic E-state index is 0.393. The van der Waals surface area contributed by atoms with Gasteiger partial charge in [0.1, 0.15) is 16.0 Å². The second-order valence-corrected chi connectivity index (χ2v) is 5.52. The fraction of sp³-hybridized carbons (Fsp3) is 0.286. The van der Waals surface area contributed by atoms with Gasteiger partial charge in [0.05, 0.1) is 5.69 Å². The molecule has 1 aliphatic rings. The molecular formula is C14H13N3S. The number of thiazole rings is 1. The second-order valence-electron chi connectivity index (χ2n) is 4.44. The van der Waals surface area contributed by atoms with Crippen LogP contribution in [0.4, 0.5) is 0 Å². The highest BCUT2D eigenvalue weighted by Gasteiger charge is 2.16. The largest absolute Gasteiger partial charge is 0.325 e. The van der Waals surface area contributed by atoms with Crippen LogP contribution in [-0.4, -0.2) is 4.98 Å². The third kappa shape index (κ3) is 1.82. The fourth-order valence-electron chi connectivity index (χ4n) is 2.44. The molecule has 0 fully saturated rings. The van der Waals surface area contributed by atoms with Gasteiger partial charge in [-0.3, -0.25) is 0 Å². The molecule has 0 saturated carbocycles. The Morgan fingerprint density at radius 3 is 2.94 bits per heavy atom. The summed E-state index contributed by atoms with van der Waals surface area (Å²) in [6.45, 7) is 0.393. The van der Waals surface area contributed by atoms with E-state index in [1.165, 1.54) is 35.3 Å². The maximum Gasteiger partial charge on any atom is 0.132 e. The molecule has 0 atom stereocenters. The van der Waals surface area contributed by atoms with E-state index in [-0.39, 0.29) is 0 Å². The number of benzene rings is 1. The number of aryl methyl sites for hydroxylation is 2. The van der Waals surface area contributed by atoms with Crippen LogP contribution in [0.3, 0.4) is 0 Å². The van der Waals surface area contributed by atoms with E-state index in [1.54, 1.807) is 0 Å². The first kappa shape index (κ1) is 11.4. The molecule has 0 spiro atoms. The van der Waals surface area contributed by atoms with E-state index in [0.29, 0.717) is 11.4 Å². The summed E-state index contributed by atoms with van der Waals surface area (Å²) in [5.41, 5.74) is 10.3. The molecule has 1 heterocycles. The van der Waals surface area contributed by atoms with Crippen LogP contribution in [0.15, 0.2) is 18.2 Å². The third-order valence-electron chi connectivity index (χ3n) is 3.32. The number of nitriles is 1. The molecule has 0 radical (unpaired) electrons. The first-order valence-corrected chi connectivity index (χ1v) is 6.85. The number of rotatable bonds is 2. The molecule has 1 aromatic carbocycles. The molecule has 3 nitrogen and oxygen atoms in total. The maximum atomic E-state index is 9.16. The number of hydrogen-bond donors (Lipinski definition) is 1. The fourth-order valence-corrected chi connectivity index (χ4v) is 3.20. The number of aromatic nitrogens is 1. The lowest BCUT2D eigenvalue weighted by molar-refractivity contribution is 0.912. The average Bonchev–Trinajstić information content (AvgIpc) is 3.03. The van der Waals surface area contributed by atoms with Crippen LogP contribution >= 0.6 is 11.3 Å². The summed E-state index contributed by atoms with van der Waals surface area (Å²) in [7, 11) is 0. The first-order chi connectivity index (χ1) is 8.81. The van der Waals surface area contributed by atoms with Gasteiger partial charge in [0.25, 0.3) is 0 Å². The molecule has 0 saturated heterocycles. The van der Waals surface area contributed by atoms with E-state index in [0.717, 1.165) is 22.7 Å². The molecule has 0 amide bonds. The van der Waals surface area contributed by atoms with E-state index in [9.17, 15) is 0 Å². The first-order valence-electron chi connectivity index (χ1n) is 6.04. The van der Waals surface area contributed by atoms with E-state index in [2.05, 4.69) is 29.3 Å². The van der Waals surface area contributed by atoms with Crippen LogP contribution in [0.2, 0.25) is 0 Å². The van der Waals surface area contributed by atoms with E-state index in [4.69, 9.17) is 11.0 Å². The van der Waals surface area contributed by atoms with Crippen LogP contribution < -0.4 is 5.73 Å². The molecule has 18 heavy (non-hydrogen) atoms. The summed E-state index contributed by atoms with van der Waals surface area (Å²) < 4.78 is 0. The van der Waals surface area contributed by atoms with Crippen molar-refractivity contribution in [2.75, 3.05) is 0 Å². The number of hydrogen-bond acceptors (Lipinski definition) is 4. The minimum absolute atomic E-state index is 0.393. The molecule has 1 aliphatic carbocycles. The Morgan fingerprint density at radius 1 is 1.33 bits per heavy atom. The molecule has 90 valence electrons. The number of nitrogens with zero attached hydrogens (tertiary/aromatic N) is 2. The van der Waals surface area contributed by atoms with Crippen molar-refractivity contribution in [2.45, 2.75) is 25.8 Å². The quantitative estimate of drug-likeness (QED) is 0.897. The molecule has 0 unspecified atom stereocenters. The van der Waals surface area contributed by atoms with Crippen LogP contribution in [0.1, 0.15) is 27.4 Å². The highest BCUT2D eigenvalue weighted by atomic mass is 32.1. The Bertz CT molecular complexity index is 637. The van der Waals surface area contributed by atoms with Gasteiger partial charge in [0.15, 0.2) is 0 Å². The zero-order chi connectivity index (χ0) is 12.5. The third-order valence-corrected chi connectivity index (χ3v) is 4.30. The predicted octanol–water partition coefficient (Wildman–Crippen LogP) is 2.63. The molecule has 0 aliphatic heterocycles. The van der Waals surface area contributed by atoms with Crippen molar-refractivity contribution in [1.82, 2.24) is 4.98 Å².